The molecular formula is C21H16BrN3O7S. The van der Waals surface area contributed by atoms with Gasteiger partial charge < -0.3 is 8.92 Å². The van der Waals surface area contributed by atoms with Gasteiger partial charge in [-0.25, -0.2) is 5.43 Å². The van der Waals surface area contributed by atoms with Gasteiger partial charge in [-0.2, -0.15) is 13.5 Å². The molecule has 0 spiro atoms. The summed E-state index contributed by atoms with van der Waals surface area (Å²) in [5.41, 5.74) is 2.90. The molecule has 3 rings (SSSR count). The van der Waals surface area contributed by atoms with Crippen LogP contribution in [-0.4, -0.2) is 32.6 Å². The quantitative estimate of drug-likeness (QED) is 0.200. The Bertz CT molecular complexity index is 1340. The van der Waals surface area contributed by atoms with Gasteiger partial charge in [-0.3, -0.25) is 14.9 Å². The molecule has 0 bridgehead atoms. The lowest BCUT2D eigenvalue weighted by Gasteiger charge is -2.11. The van der Waals surface area contributed by atoms with Gasteiger partial charge in [0.2, 0.25) is 0 Å². The van der Waals surface area contributed by atoms with Crippen LogP contribution in [-0.2, 0) is 10.1 Å². The van der Waals surface area contributed by atoms with Crippen LogP contribution in [0, 0.1) is 10.1 Å². The first-order valence-corrected chi connectivity index (χ1v) is 11.4. The van der Waals surface area contributed by atoms with E-state index in [1.165, 1.54) is 49.7 Å². The predicted octanol–water partition coefficient (Wildman–Crippen LogP) is 3.90. The summed E-state index contributed by atoms with van der Waals surface area (Å²) in [7, 11) is -3.04. The van der Waals surface area contributed by atoms with Crippen molar-refractivity contribution in [2.24, 2.45) is 5.10 Å². The largest absolute Gasteiger partial charge is 0.493 e. The highest BCUT2D eigenvalue weighted by atomic mass is 79.9. The molecule has 1 amide bonds. The number of nitro groups is 1. The van der Waals surface area contributed by atoms with Crippen molar-refractivity contribution >= 4 is 43.9 Å². The predicted molar refractivity (Wildman–Crippen MR) is 123 cm³/mol. The standard InChI is InChI=1S/C21H16BrN3O7S/c1-31-20-10-14(13-23-24-21(26)15-4-2-5-16(22)11-15)8-9-19(20)32-33(29,30)18-7-3-6-17(12-18)25(27)28/h2-13H,1H3,(H,24,26)/b23-13-. The van der Waals surface area contributed by atoms with Crippen molar-refractivity contribution in [3.8, 4) is 11.5 Å². The second-order valence-electron chi connectivity index (χ2n) is 6.41. The van der Waals surface area contributed by atoms with E-state index >= 15 is 0 Å². The van der Waals surface area contributed by atoms with Crippen LogP contribution in [0.25, 0.3) is 0 Å². The molecular weight excluding hydrogens is 518 g/mol. The summed E-state index contributed by atoms with van der Waals surface area (Å²) >= 11 is 3.29. The molecule has 33 heavy (non-hydrogen) atoms. The number of hydrogen-bond donors (Lipinski definition) is 1. The van der Waals surface area contributed by atoms with Crippen molar-refractivity contribution in [1.29, 1.82) is 0 Å². The fourth-order valence-corrected chi connectivity index (χ4v) is 3.99. The molecule has 0 fully saturated rings. The molecule has 0 saturated carbocycles. The molecule has 12 heteroatoms. The number of methoxy groups -OCH3 is 1. The molecule has 1 N–H and O–H groups in total. The third-order valence-electron chi connectivity index (χ3n) is 4.17. The number of hydrazone groups is 1. The fourth-order valence-electron chi connectivity index (χ4n) is 2.61. The van der Waals surface area contributed by atoms with E-state index in [0.717, 1.165) is 10.5 Å². The molecule has 0 saturated heterocycles. The molecule has 0 unspecified atom stereocenters. The third kappa shape index (κ3) is 6.14. The van der Waals surface area contributed by atoms with Crippen LogP contribution in [0.5, 0.6) is 11.5 Å². The minimum Gasteiger partial charge on any atom is -0.493 e. The Morgan fingerprint density at radius 3 is 2.55 bits per heavy atom. The number of carbonyl (C=O) groups is 1. The lowest BCUT2D eigenvalue weighted by atomic mass is 10.2. The van der Waals surface area contributed by atoms with Crippen LogP contribution < -0.4 is 14.3 Å². The van der Waals surface area contributed by atoms with Crippen LogP contribution in [0.2, 0.25) is 0 Å². The molecule has 0 aliphatic rings. The Balaban J connectivity index is 1.75. The molecule has 0 aliphatic carbocycles. The van der Waals surface area contributed by atoms with Gasteiger partial charge >= 0.3 is 10.1 Å². The van der Waals surface area contributed by atoms with Crippen molar-refractivity contribution in [2.75, 3.05) is 7.11 Å². The summed E-state index contributed by atoms with van der Waals surface area (Å²) in [6.45, 7) is 0. The first kappa shape index (κ1) is 23.9. The lowest BCUT2D eigenvalue weighted by Crippen LogP contribution is -2.17. The summed E-state index contributed by atoms with van der Waals surface area (Å²) in [6, 6.07) is 15.6. The first-order valence-electron chi connectivity index (χ1n) is 9.15. The zero-order chi connectivity index (χ0) is 24.0. The van der Waals surface area contributed by atoms with E-state index in [-0.39, 0.29) is 22.1 Å². The van der Waals surface area contributed by atoms with E-state index in [0.29, 0.717) is 11.1 Å². The Morgan fingerprint density at radius 1 is 1.09 bits per heavy atom. The van der Waals surface area contributed by atoms with Gasteiger partial charge in [-0.15, -0.1) is 0 Å². The second kappa shape index (κ2) is 10.2. The molecule has 0 heterocycles. The molecule has 0 radical (unpaired) electrons. The highest BCUT2D eigenvalue weighted by Gasteiger charge is 2.21. The van der Waals surface area contributed by atoms with Gasteiger partial charge in [0.1, 0.15) is 4.90 Å². The topological polar surface area (TPSA) is 137 Å². The van der Waals surface area contributed by atoms with E-state index in [1.54, 1.807) is 24.3 Å². The van der Waals surface area contributed by atoms with Crippen molar-refractivity contribution in [1.82, 2.24) is 5.43 Å². The summed E-state index contributed by atoms with van der Waals surface area (Å²) < 4.78 is 36.2. The first-order chi connectivity index (χ1) is 15.7. The van der Waals surface area contributed by atoms with Crippen molar-refractivity contribution in [3.05, 3.63) is 92.4 Å². The minimum absolute atomic E-state index is 0.0753. The summed E-state index contributed by atoms with van der Waals surface area (Å²) in [5, 5.41) is 14.8. The molecule has 0 aromatic heterocycles. The normalized spacial score (nSPS) is 11.2. The van der Waals surface area contributed by atoms with Crippen LogP contribution in [0.4, 0.5) is 5.69 Å². The average molecular weight is 534 g/mol. The Kier molecular flexibility index (Phi) is 7.41. The molecule has 170 valence electrons. The Hall–Kier alpha value is -3.77. The van der Waals surface area contributed by atoms with Gasteiger partial charge in [-0.1, -0.05) is 28.1 Å². The maximum absolute atomic E-state index is 12.6. The fraction of sp³-hybridized carbons (Fsp3) is 0.0476. The van der Waals surface area contributed by atoms with Gasteiger partial charge in [0.25, 0.3) is 11.6 Å². The van der Waals surface area contributed by atoms with E-state index in [2.05, 4.69) is 26.5 Å². The van der Waals surface area contributed by atoms with Crippen LogP contribution >= 0.6 is 15.9 Å². The van der Waals surface area contributed by atoms with Crippen LogP contribution in [0.3, 0.4) is 0 Å². The number of rotatable bonds is 8. The number of non-ortho nitro benzene ring substituents is 1. The van der Waals surface area contributed by atoms with Crippen LogP contribution in [0.1, 0.15) is 15.9 Å². The van der Waals surface area contributed by atoms with Gasteiger partial charge in [-0.05, 0) is 48.0 Å². The van der Waals surface area contributed by atoms with Crippen molar-refractivity contribution in [3.63, 3.8) is 0 Å². The second-order valence-corrected chi connectivity index (χ2v) is 8.87. The van der Waals surface area contributed by atoms with Gasteiger partial charge in [0.15, 0.2) is 11.5 Å². The number of nitrogens with zero attached hydrogens (tertiary/aromatic N) is 2. The lowest BCUT2D eigenvalue weighted by molar-refractivity contribution is -0.385. The molecule has 0 atom stereocenters. The number of nitrogens with one attached hydrogen (secondary N) is 1. The Morgan fingerprint density at radius 2 is 1.85 bits per heavy atom. The van der Waals surface area contributed by atoms with E-state index in [4.69, 9.17) is 8.92 Å². The van der Waals surface area contributed by atoms with Gasteiger partial charge in [0.05, 0.1) is 18.2 Å². The molecule has 3 aromatic rings. The monoisotopic (exact) mass is 533 g/mol. The van der Waals surface area contributed by atoms with E-state index in [1.807, 2.05) is 0 Å². The summed E-state index contributed by atoms with van der Waals surface area (Å²) in [4.78, 5) is 22.0. The SMILES string of the molecule is COc1cc(/C=N\NC(=O)c2cccc(Br)c2)ccc1OS(=O)(=O)c1cccc([N+](=O)[O-])c1. The van der Waals surface area contributed by atoms with Crippen LogP contribution in [0.15, 0.2) is 81.2 Å². The zero-order valence-electron chi connectivity index (χ0n) is 17.0. The number of hydrogen-bond acceptors (Lipinski definition) is 8. The van der Waals surface area contributed by atoms with E-state index in [9.17, 15) is 23.3 Å². The number of carbonyl (C=O) groups excluding carboxylic acids is 1. The molecule has 3 aromatic carbocycles. The van der Waals surface area contributed by atoms with E-state index < -0.39 is 20.9 Å². The summed E-state index contributed by atoms with van der Waals surface area (Å²) in [6.07, 6.45) is 1.34. The van der Waals surface area contributed by atoms with Crippen molar-refractivity contribution < 1.29 is 27.1 Å². The Labute approximate surface area is 197 Å². The highest BCUT2D eigenvalue weighted by molar-refractivity contribution is 9.10. The van der Waals surface area contributed by atoms with Crippen molar-refractivity contribution in [2.45, 2.75) is 4.90 Å². The maximum atomic E-state index is 12.6. The summed E-state index contributed by atoms with van der Waals surface area (Å²) in [5.74, 6) is -0.465. The molecule has 0 aliphatic heterocycles. The minimum atomic E-state index is -4.36. The maximum Gasteiger partial charge on any atom is 0.339 e. The molecule has 10 nitrogen and oxygen atoms in total. The highest BCUT2D eigenvalue weighted by Crippen LogP contribution is 2.31. The number of amides is 1. The number of nitro benzene ring substituents is 1. The number of ether oxygens (including phenoxy) is 1. The number of halogens is 1. The third-order valence-corrected chi connectivity index (χ3v) is 5.89. The average Bonchev–Trinajstić information content (AvgIpc) is 2.79. The number of benzene rings is 3. The zero-order valence-corrected chi connectivity index (χ0v) is 19.4. The smallest absolute Gasteiger partial charge is 0.339 e. The van der Waals surface area contributed by atoms with Gasteiger partial charge in [0, 0.05) is 22.2 Å².